The Labute approximate surface area is 169 Å². The van der Waals surface area contributed by atoms with Gasteiger partial charge in [-0.25, -0.2) is 0 Å². The van der Waals surface area contributed by atoms with E-state index in [1.165, 1.54) is 5.56 Å². The Morgan fingerprint density at radius 2 is 1.72 bits per heavy atom. The van der Waals surface area contributed by atoms with E-state index >= 15 is 0 Å². The number of rotatable bonds is 4. The number of carbonyl (C=O) groups is 1. The Kier molecular flexibility index (Phi) is 5.36. The van der Waals surface area contributed by atoms with Crippen molar-refractivity contribution in [3.05, 3.63) is 75.6 Å². The zero-order valence-corrected chi connectivity index (χ0v) is 16.7. The third kappa shape index (κ3) is 3.89. The van der Waals surface area contributed by atoms with E-state index in [1.54, 1.807) is 43.2 Å². The molecular weight excluding hydrogens is 368 g/mol. The smallest absolute Gasteiger partial charge is 0.290 e. The maximum atomic E-state index is 13.0. The van der Waals surface area contributed by atoms with Crippen LogP contribution in [0.15, 0.2) is 57.7 Å². The number of nitrogens with zero attached hydrogens (tertiary/aromatic N) is 2. The molecular formula is C23H24N2O4. The van der Waals surface area contributed by atoms with Gasteiger partial charge in [0.2, 0.25) is 0 Å². The number of ether oxygens (including phenoxy) is 1. The number of piperazine rings is 1. The van der Waals surface area contributed by atoms with E-state index in [-0.39, 0.29) is 17.1 Å². The van der Waals surface area contributed by atoms with Crippen molar-refractivity contribution >= 4 is 16.9 Å². The lowest BCUT2D eigenvalue weighted by atomic mass is 10.1. The van der Waals surface area contributed by atoms with Crippen molar-refractivity contribution in [2.24, 2.45) is 0 Å². The summed E-state index contributed by atoms with van der Waals surface area (Å²) in [6, 6.07) is 15.1. The lowest BCUT2D eigenvalue weighted by Crippen LogP contribution is -2.48. The van der Waals surface area contributed by atoms with E-state index in [2.05, 4.69) is 17.0 Å². The van der Waals surface area contributed by atoms with Gasteiger partial charge in [0.25, 0.3) is 5.91 Å². The Balaban J connectivity index is 1.44. The maximum Gasteiger partial charge on any atom is 0.290 e. The van der Waals surface area contributed by atoms with Gasteiger partial charge >= 0.3 is 0 Å². The van der Waals surface area contributed by atoms with Crippen LogP contribution >= 0.6 is 0 Å². The number of amides is 1. The molecule has 2 aromatic carbocycles. The van der Waals surface area contributed by atoms with Crippen LogP contribution in [-0.4, -0.2) is 49.0 Å². The van der Waals surface area contributed by atoms with Crippen molar-refractivity contribution in [2.75, 3.05) is 33.3 Å². The van der Waals surface area contributed by atoms with Gasteiger partial charge in [0, 0.05) is 38.3 Å². The predicted octanol–water partition coefficient (Wildman–Crippen LogP) is 3.07. The fraction of sp³-hybridized carbons (Fsp3) is 0.304. The zero-order chi connectivity index (χ0) is 20.4. The highest BCUT2D eigenvalue weighted by molar-refractivity contribution is 5.94. The molecule has 29 heavy (non-hydrogen) atoms. The quantitative estimate of drug-likeness (QED) is 0.683. The highest BCUT2D eigenvalue weighted by Gasteiger charge is 2.26. The van der Waals surface area contributed by atoms with E-state index < -0.39 is 0 Å². The van der Waals surface area contributed by atoms with Crippen molar-refractivity contribution in [2.45, 2.75) is 13.5 Å². The standard InChI is InChI=1S/C23H24N2O4/c1-16-21(26)19-5-3-4-6-20(19)29-22(16)23(27)25-13-11-24(12-14-25)15-17-7-9-18(28-2)10-8-17/h3-10H,11-15H2,1-2H3. The van der Waals surface area contributed by atoms with Gasteiger partial charge in [0.1, 0.15) is 11.3 Å². The van der Waals surface area contributed by atoms with Crippen molar-refractivity contribution in [3.8, 4) is 5.75 Å². The molecule has 0 spiro atoms. The summed E-state index contributed by atoms with van der Waals surface area (Å²) in [6.45, 7) is 5.24. The van der Waals surface area contributed by atoms with Crippen molar-refractivity contribution in [1.29, 1.82) is 0 Å². The number of methoxy groups -OCH3 is 1. The van der Waals surface area contributed by atoms with Gasteiger partial charge in [-0.2, -0.15) is 0 Å². The molecule has 0 unspecified atom stereocenters. The third-order valence-electron chi connectivity index (χ3n) is 5.44. The molecule has 6 heteroatoms. The second-order valence-electron chi connectivity index (χ2n) is 7.30. The Hall–Kier alpha value is -3.12. The number of hydrogen-bond acceptors (Lipinski definition) is 5. The van der Waals surface area contributed by atoms with Crippen LogP contribution in [0.5, 0.6) is 5.75 Å². The number of carbonyl (C=O) groups excluding carboxylic acids is 1. The fourth-order valence-electron chi connectivity index (χ4n) is 3.68. The minimum Gasteiger partial charge on any atom is -0.497 e. The molecule has 0 atom stereocenters. The van der Waals surface area contributed by atoms with Crippen molar-refractivity contribution in [3.63, 3.8) is 0 Å². The summed E-state index contributed by atoms with van der Waals surface area (Å²) in [5.74, 6) is 0.781. The lowest BCUT2D eigenvalue weighted by molar-refractivity contribution is 0.0597. The molecule has 2 heterocycles. The van der Waals surface area contributed by atoms with E-state index in [9.17, 15) is 9.59 Å². The third-order valence-corrected chi connectivity index (χ3v) is 5.44. The van der Waals surface area contributed by atoms with Crippen molar-refractivity contribution < 1.29 is 13.9 Å². The minimum absolute atomic E-state index is 0.145. The van der Waals surface area contributed by atoms with Crippen LogP contribution < -0.4 is 10.2 Å². The van der Waals surface area contributed by atoms with E-state index in [4.69, 9.17) is 9.15 Å². The number of fused-ring (bicyclic) bond motifs is 1. The summed E-state index contributed by atoms with van der Waals surface area (Å²) < 4.78 is 11.0. The molecule has 0 radical (unpaired) electrons. The molecule has 3 aromatic rings. The second-order valence-corrected chi connectivity index (χ2v) is 7.30. The normalized spacial score (nSPS) is 14.9. The van der Waals surface area contributed by atoms with Crippen LogP contribution in [-0.2, 0) is 6.54 Å². The van der Waals surface area contributed by atoms with E-state index in [0.717, 1.165) is 25.4 Å². The van der Waals surface area contributed by atoms with E-state index in [1.807, 2.05) is 12.1 Å². The molecule has 0 saturated carbocycles. The molecule has 1 amide bonds. The van der Waals surface area contributed by atoms with Crippen LogP contribution in [0.1, 0.15) is 21.7 Å². The van der Waals surface area contributed by atoms with Crippen LogP contribution in [0, 0.1) is 6.92 Å². The summed E-state index contributed by atoms with van der Waals surface area (Å²) in [4.78, 5) is 29.7. The molecule has 1 saturated heterocycles. The van der Waals surface area contributed by atoms with E-state index in [0.29, 0.717) is 29.6 Å². The van der Waals surface area contributed by atoms with Gasteiger partial charge in [-0.15, -0.1) is 0 Å². The summed E-state index contributed by atoms with van der Waals surface area (Å²) in [5, 5.41) is 0.505. The molecule has 1 aliphatic heterocycles. The second kappa shape index (κ2) is 8.09. The average Bonchev–Trinajstić information content (AvgIpc) is 2.77. The molecule has 4 rings (SSSR count). The van der Waals surface area contributed by atoms with Gasteiger partial charge in [0.05, 0.1) is 12.5 Å². The summed E-state index contributed by atoms with van der Waals surface area (Å²) in [6.07, 6.45) is 0. The molecule has 150 valence electrons. The SMILES string of the molecule is COc1ccc(CN2CCN(C(=O)c3oc4ccccc4c(=O)c3C)CC2)cc1. The first-order valence-electron chi connectivity index (χ1n) is 9.74. The fourth-order valence-corrected chi connectivity index (χ4v) is 3.68. The maximum absolute atomic E-state index is 13.0. The predicted molar refractivity (Wildman–Crippen MR) is 111 cm³/mol. The van der Waals surface area contributed by atoms with Crippen LogP contribution in [0.25, 0.3) is 11.0 Å². The molecule has 1 aliphatic rings. The number of hydrogen-bond donors (Lipinski definition) is 0. The topological polar surface area (TPSA) is 63.0 Å². The highest BCUT2D eigenvalue weighted by atomic mass is 16.5. The molecule has 1 aromatic heterocycles. The largest absolute Gasteiger partial charge is 0.497 e. The molecule has 0 N–H and O–H groups in total. The van der Waals surface area contributed by atoms with Crippen LogP contribution in [0.3, 0.4) is 0 Å². The summed E-state index contributed by atoms with van der Waals surface area (Å²) in [7, 11) is 1.66. The van der Waals surface area contributed by atoms with Gasteiger partial charge in [-0.1, -0.05) is 24.3 Å². The Morgan fingerprint density at radius 1 is 1.03 bits per heavy atom. The first kappa shape index (κ1) is 19.2. The summed E-state index contributed by atoms with van der Waals surface area (Å²) >= 11 is 0. The van der Waals surface area contributed by atoms with Gasteiger partial charge in [-0.3, -0.25) is 14.5 Å². The first-order chi connectivity index (χ1) is 14.1. The monoisotopic (exact) mass is 392 g/mol. The zero-order valence-electron chi connectivity index (χ0n) is 16.7. The lowest BCUT2D eigenvalue weighted by Gasteiger charge is -2.34. The minimum atomic E-state index is -0.213. The molecule has 0 bridgehead atoms. The Morgan fingerprint density at radius 3 is 2.41 bits per heavy atom. The highest BCUT2D eigenvalue weighted by Crippen LogP contribution is 2.19. The van der Waals surface area contributed by atoms with Gasteiger partial charge < -0.3 is 14.1 Å². The van der Waals surface area contributed by atoms with Crippen LogP contribution in [0.2, 0.25) is 0 Å². The number of para-hydroxylation sites is 1. The molecule has 0 aliphatic carbocycles. The van der Waals surface area contributed by atoms with Gasteiger partial charge in [-0.05, 0) is 36.8 Å². The summed E-state index contributed by atoms with van der Waals surface area (Å²) in [5.41, 5.74) is 1.88. The van der Waals surface area contributed by atoms with Gasteiger partial charge in [0.15, 0.2) is 11.2 Å². The molecule has 6 nitrogen and oxygen atoms in total. The first-order valence-corrected chi connectivity index (χ1v) is 9.74. The van der Waals surface area contributed by atoms with Crippen LogP contribution in [0.4, 0.5) is 0 Å². The Bertz CT molecular complexity index is 1080. The number of benzene rings is 2. The average molecular weight is 392 g/mol. The molecule has 1 fully saturated rings. The van der Waals surface area contributed by atoms with Crippen molar-refractivity contribution in [1.82, 2.24) is 9.80 Å².